The smallest absolute Gasteiger partial charge is 0.400 e. The van der Waals surface area contributed by atoms with Crippen LogP contribution in [0.25, 0.3) is 11.1 Å². The standard InChI is InChI=1S/C14H10FNO2/c1-9-4-2-3-5-12(9)17-14-16-11-8-10(15)6-7-13(11)18-14/h2-8H,1H3. The van der Waals surface area contributed by atoms with Gasteiger partial charge in [-0.15, -0.1) is 0 Å². The van der Waals surface area contributed by atoms with E-state index in [4.69, 9.17) is 9.15 Å². The van der Waals surface area contributed by atoms with Crippen LogP contribution in [0.4, 0.5) is 4.39 Å². The van der Waals surface area contributed by atoms with Crippen molar-refractivity contribution in [3.05, 3.63) is 53.8 Å². The first kappa shape index (κ1) is 10.8. The quantitative estimate of drug-likeness (QED) is 0.680. The Kier molecular flexibility index (Phi) is 2.48. The topological polar surface area (TPSA) is 35.3 Å². The van der Waals surface area contributed by atoms with Gasteiger partial charge in [-0.05, 0) is 30.7 Å². The number of aromatic nitrogens is 1. The Morgan fingerprint density at radius 3 is 2.83 bits per heavy atom. The third-order valence-electron chi connectivity index (χ3n) is 2.62. The summed E-state index contributed by atoms with van der Waals surface area (Å²) in [5, 5.41) is 0. The molecule has 0 saturated heterocycles. The lowest BCUT2D eigenvalue weighted by Gasteiger charge is -2.02. The lowest BCUT2D eigenvalue weighted by Crippen LogP contribution is -1.86. The molecule has 4 heteroatoms. The van der Waals surface area contributed by atoms with E-state index in [-0.39, 0.29) is 11.9 Å². The molecule has 1 aromatic heterocycles. The van der Waals surface area contributed by atoms with Crippen LogP contribution in [0.15, 0.2) is 46.9 Å². The lowest BCUT2D eigenvalue weighted by molar-refractivity contribution is 0.341. The SMILES string of the molecule is Cc1ccccc1Oc1nc2cc(F)ccc2o1. The summed E-state index contributed by atoms with van der Waals surface area (Å²) in [6.45, 7) is 1.93. The average molecular weight is 243 g/mol. The fourth-order valence-corrected chi connectivity index (χ4v) is 1.69. The second-order valence-electron chi connectivity index (χ2n) is 3.96. The van der Waals surface area contributed by atoms with Gasteiger partial charge in [-0.3, -0.25) is 0 Å². The van der Waals surface area contributed by atoms with E-state index in [1.165, 1.54) is 18.2 Å². The van der Waals surface area contributed by atoms with E-state index >= 15 is 0 Å². The van der Waals surface area contributed by atoms with E-state index < -0.39 is 0 Å². The number of para-hydroxylation sites is 1. The molecule has 2 aromatic carbocycles. The van der Waals surface area contributed by atoms with Crippen molar-refractivity contribution in [1.29, 1.82) is 0 Å². The molecule has 0 atom stereocenters. The molecule has 0 saturated carbocycles. The molecule has 0 fully saturated rings. The number of hydrogen-bond acceptors (Lipinski definition) is 3. The highest BCUT2D eigenvalue weighted by atomic mass is 19.1. The molecule has 0 unspecified atom stereocenters. The summed E-state index contributed by atoms with van der Waals surface area (Å²) >= 11 is 0. The molecule has 3 rings (SSSR count). The highest BCUT2D eigenvalue weighted by Crippen LogP contribution is 2.27. The maximum Gasteiger partial charge on any atom is 0.400 e. The van der Waals surface area contributed by atoms with Crippen LogP contribution in [0.2, 0.25) is 0 Å². The van der Waals surface area contributed by atoms with Crippen LogP contribution in [-0.4, -0.2) is 4.98 Å². The zero-order chi connectivity index (χ0) is 12.5. The van der Waals surface area contributed by atoms with Crippen molar-refractivity contribution in [3.8, 4) is 11.8 Å². The Bertz CT molecular complexity index is 706. The monoisotopic (exact) mass is 243 g/mol. The number of hydrogen-bond donors (Lipinski definition) is 0. The molecule has 0 amide bonds. The van der Waals surface area contributed by atoms with Gasteiger partial charge in [0.05, 0.1) is 0 Å². The molecule has 3 nitrogen and oxygen atoms in total. The van der Waals surface area contributed by atoms with Crippen LogP contribution in [-0.2, 0) is 0 Å². The molecule has 18 heavy (non-hydrogen) atoms. The van der Waals surface area contributed by atoms with Crippen LogP contribution in [0.3, 0.4) is 0 Å². The van der Waals surface area contributed by atoms with Crippen LogP contribution in [0, 0.1) is 12.7 Å². The summed E-state index contributed by atoms with van der Waals surface area (Å²) in [5.74, 6) is 0.322. The van der Waals surface area contributed by atoms with Gasteiger partial charge in [-0.25, -0.2) is 4.39 Å². The van der Waals surface area contributed by atoms with Crippen molar-refractivity contribution in [2.75, 3.05) is 0 Å². The number of ether oxygens (including phenoxy) is 1. The van der Waals surface area contributed by atoms with Gasteiger partial charge in [0.15, 0.2) is 5.58 Å². The van der Waals surface area contributed by atoms with E-state index in [1.54, 1.807) is 0 Å². The Balaban J connectivity index is 1.98. The number of rotatable bonds is 2. The van der Waals surface area contributed by atoms with Gasteiger partial charge in [0.1, 0.15) is 17.1 Å². The maximum atomic E-state index is 13.0. The van der Waals surface area contributed by atoms with Crippen molar-refractivity contribution in [3.63, 3.8) is 0 Å². The van der Waals surface area contributed by atoms with Crippen LogP contribution in [0.5, 0.6) is 11.8 Å². The Labute approximate surface area is 103 Å². The van der Waals surface area contributed by atoms with Crippen LogP contribution < -0.4 is 4.74 Å². The third-order valence-corrected chi connectivity index (χ3v) is 2.62. The average Bonchev–Trinajstić information content (AvgIpc) is 2.73. The molecule has 0 aliphatic heterocycles. The number of nitrogens with zero attached hydrogens (tertiary/aromatic N) is 1. The van der Waals surface area contributed by atoms with E-state index in [0.29, 0.717) is 16.8 Å². The minimum Gasteiger partial charge on any atom is -0.411 e. The molecular formula is C14H10FNO2. The van der Waals surface area contributed by atoms with Gasteiger partial charge < -0.3 is 9.15 Å². The van der Waals surface area contributed by atoms with Gasteiger partial charge in [-0.2, -0.15) is 4.98 Å². The second kappa shape index (κ2) is 4.14. The molecule has 0 radical (unpaired) electrons. The van der Waals surface area contributed by atoms with Crippen molar-refractivity contribution in [2.24, 2.45) is 0 Å². The molecule has 3 aromatic rings. The number of oxazole rings is 1. The van der Waals surface area contributed by atoms with E-state index in [2.05, 4.69) is 4.98 Å². The van der Waals surface area contributed by atoms with Gasteiger partial charge in [0.2, 0.25) is 0 Å². The first-order valence-corrected chi connectivity index (χ1v) is 5.52. The first-order chi connectivity index (χ1) is 8.72. The predicted octanol–water partition coefficient (Wildman–Crippen LogP) is 4.07. The molecule has 0 N–H and O–H groups in total. The fourth-order valence-electron chi connectivity index (χ4n) is 1.69. The summed E-state index contributed by atoms with van der Waals surface area (Å²) < 4.78 is 23.9. The Morgan fingerprint density at radius 2 is 2.00 bits per heavy atom. The van der Waals surface area contributed by atoms with Gasteiger partial charge in [0.25, 0.3) is 0 Å². The molecule has 1 heterocycles. The molecule has 0 aliphatic carbocycles. The number of aryl methyl sites for hydroxylation is 1. The van der Waals surface area contributed by atoms with Gasteiger partial charge in [-0.1, -0.05) is 18.2 Å². The summed E-state index contributed by atoms with van der Waals surface area (Å²) in [6, 6.07) is 11.7. The molecule has 90 valence electrons. The number of benzene rings is 2. The molecule has 0 aliphatic rings. The third kappa shape index (κ3) is 1.93. The summed E-state index contributed by atoms with van der Waals surface area (Å²) in [7, 11) is 0. The molecular weight excluding hydrogens is 233 g/mol. The van der Waals surface area contributed by atoms with E-state index in [1.807, 2.05) is 31.2 Å². The van der Waals surface area contributed by atoms with Crippen molar-refractivity contribution in [1.82, 2.24) is 4.98 Å². The lowest BCUT2D eigenvalue weighted by atomic mass is 10.2. The first-order valence-electron chi connectivity index (χ1n) is 5.52. The predicted molar refractivity (Wildman–Crippen MR) is 65.2 cm³/mol. The minimum absolute atomic E-state index is 0.116. The minimum atomic E-state index is -0.349. The summed E-state index contributed by atoms with van der Waals surface area (Å²) in [5.41, 5.74) is 1.92. The van der Waals surface area contributed by atoms with Crippen LogP contribution in [0.1, 0.15) is 5.56 Å². The normalized spacial score (nSPS) is 10.8. The Morgan fingerprint density at radius 1 is 1.17 bits per heavy atom. The Hall–Kier alpha value is -2.36. The highest BCUT2D eigenvalue weighted by Gasteiger charge is 2.09. The van der Waals surface area contributed by atoms with Crippen molar-refractivity contribution >= 4 is 11.1 Å². The largest absolute Gasteiger partial charge is 0.411 e. The number of halogens is 1. The number of fused-ring (bicyclic) bond motifs is 1. The summed E-state index contributed by atoms with van der Waals surface area (Å²) in [6.07, 6.45) is 0.116. The van der Waals surface area contributed by atoms with Crippen molar-refractivity contribution in [2.45, 2.75) is 6.92 Å². The maximum absolute atomic E-state index is 13.0. The van der Waals surface area contributed by atoms with Gasteiger partial charge in [0, 0.05) is 6.07 Å². The fraction of sp³-hybridized carbons (Fsp3) is 0.0714. The molecule has 0 spiro atoms. The van der Waals surface area contributed by atoms with E-state index in [9.17, 15) is 4.39 Å². The van der Waals surface area contributed by atoms with E-state index in [0.717, 1.165) is 5.56 Å². The zero-order valence-corrected chi connectivity index (χ0v) is 9.68. The van der Waals surface area contributed by atoms with Crippen LogP contribution >= 0.6 is 0 Å². The highest BCUT2D eigenvalue weighted by molar-refractivity contribution is 5.72. The summed E-state index contributed by atoms with van der Waals surface area (Å²) in [4.78, 5) is 4.08. The zero-order valence-electron chi connectivity index (χ0n) is 9.68. The second-order valence-corrected chi connectivity index (χ2v) is 3.96. The molecule has 0 bridgehead atoms. The van der Waals surface area contributed by atoms with Gasteiger partial charge >= 0.3 is 6.08 Å². The van der Waals surface area contributed by atoms with Crippen molar-refractivity contribution < 1.29 is 13.5 Å².